The fourth-order valence-corrected chi connectivity index (χ4v) is 2.18. The summed E-state index contributed by atoms with van der Waals surface area (Å²) in [4.78, 5) is 35.3. The lowest BCUT2D eigenvalue weighted by atomic mass is 10.1. The van der Waals surface area contributed by atoms with Crippen LogP contribution in [0.1, 0.15) is 29.3 Å². The highest BCUT2D eigenvalue weighted by molar-refractivity contribution is 5.99. The van der Waals surface area contributed by atoms with Crippen molar-refractivity contribution in [2.24, 2.45) is 0 Å². The highest BCUT2D eigenvalue weighted by atomic mass is 16.2. The van der Waals surface area contributed by atoms with Crippen LogP contribution in [0.2, 0.25) is 0 Å². The first kappa shape index (κ1) is 18.2. The Kier molecular flexibility index (Phi) is 6.28. The molecule has 0 saturated carbocycles. The van der Waals surface area contributed by atoms with Crippen LogP contribution in [0.5, 0.6) is 0 Å². The first-order valence-electron chi connectivity index (χ1n) is 8.03. The normalized spacial score (nSPS) is 10.0. The number of hydrogen-bond donors (Lipinski definition) is 3. The number of nitrogens with one attached hydrogen (secondary N) is 3. The summed E-state index contributed by atoms with van der Waals surface area (Å²) in [6.07, 6.45) is 0.401. The Morgan fingerprint density at radius 1 is 0.920 bits per heavy atom. The molecule has 0 aliphatic rings. The van der Waals surface area contributed by atoms with E-state index in [1.165, 1.54) is 0 Å². The molecule has 2 rings (SSSR count). The smallest absolute Gasteiger partial charge is 0.251 e. The largest absolute Gasteiger partial charge is 0.343 e. The Hall–Kier alpha value is -3.15. The standard InChI is InChI=1S/C19H21N3O3/c1-3-17(23)21-15-9-10-16(13(2)11-15)22-18(24)12-20-19(25)14-7-5-4-6-8-14/h4-11H,3,12H2,1-2H3,(H,20,25)(H,21,23)(H,22,24). The number of carbonyl (C=O) groups excluding carboxylic acids is 3. The van der Waals surface area contributed by atoms with Gasteiger partial charge >= 0.3 is 0 Å². The van der Waals surface area contributed by atoms with Crippen molar-refractivity contribution in [3.8, 4) is 0 Å². The van der Waals surface area contributed by atoms with E-state index in [4.69, 9.17) is 0 Å². The van der Waals surface area contributed by atoms with Crippen molar-refractivity contribution < 1.29 is 14.4 Å². The number of hydrogen-bond acceptors (Lipinski definition) is 3. The Morgan fingerprint density at radius 3 is 2.28 bits per heavy atom. The van der Waals surface area contributed by atoms with E-state index in [0.717, 1.165) is 5.56 Å². The van der Waals surface area contributed by atoms with Crippen LogP contribution in [0.25, 0.3) is 0 Å². The summed E-state index contributed by atoms with van der Waals surface area (Å²) in [5.74, 6) is -0.692. The molecule has 2 aromatic rings. The number of anilines is 2. The van der Waals surface area contributed by atoms with Gasteiger partial charge in [-0.15, -0.1) is 0 Å². The minimum absolute atomic E-state index is 0.0696. The minimum atomic E-state index is -0.322. The van der Waals surface area contributed by atoms with Gasteiger partial charge in [-0.3, -0.25) is 14.4 Å². The third-order valence-electron chi connectivity index (χ3n) is 3.55. The van der Waals surface area contributed by atoms with Gasteiger partial charge in [0.05, 0.1) is 6.54 Å². The molecule has 0 unspecified atom stereocenters. The van der Waals surface area contributed by atoms with E-state index in [1.54, 1.807) is 49.4 Å². The molecule has 0 radical (unpaired) electrons. The van der Waals surface area contributed by atoms with E-state index in [-0.39, 0.29) is 24.3 Å². The van der Waals surface area contributed by atoms with Gasteiger partial charge in [-0.2, -0.15) is 0 Å². The zero-order valence-electron chi connectivity index (χ0n) is 14.3. The monoisotopic (exact) mass is 339 g/mol. The van der Waals surface area contributed by atoms with E-state index in [0.29, 0.717) is 23.4 Å². The molecule has 3 amide bonds. The average Bonchev–Trinajstić information content (AvgIpc) is 2.62. The van der Waals surface area contributed by atoms with Crippen LogP contribution in [-0.4, -0.2) is 24.3 Å². The second kappa shape index (κ2) is 8.63. The molecular formula is C19H21N3O3. The molecule has 6 nitrogen and oxygen atoms in total. The first-order valence-corrected chi connectivity index (χ1v) is 8.03. The molecule has 0 spiro atoms. The Bertz CT molecular complexity index is 773. The van der Waals surface area contributed by atoms with Gasteiger partial charge in [-0.1, -0.05) is 25.1 Å². The third kappa shape index (κ3) is 5.46. The summed E-state index contributed by atoms with van der Waals surface area (Å²) >= 11 is 0. The molecule has 0 atom stereocenters. The van der Waals surface area contributed by atoms with E-state index >= 15 is 0 Å². The predicted molar refractivity (Wildman–Crippen MR) is 97.5 cm³/mol. The second-order valence-electron chi connectivity index (χ2n) is 5.53. The fourth-order valence-electron chi connectivity index (χ4n) is 2.18. The van der Waals surface area contributed by atoms with Crippen molar-refractivity contribution in [2.75, 3.05) is 17.2 Å². The van der Waals surface area contributed by atoms with E-state index in [2.05, 4.69) is 16.0 Å². The maximum absolute atomic E-state index is 12.0. The van der Waals surface area contributed by atoms with Gasteiger partial charge in [0.25, 0.3) is 5.91 Å². The molecule has 0 aliphatic carbocycles. The minimum Gasteiger partial charge on any atom is -0.343 e. The van der Waals surface area contributed by atoms with Gasteiger partial charge in [0.2, 0.25) is 11.8 Å². The van der Waals surface area contributed by atoms with Crippen LogP contribution in [0, 0.1) is 6.92 Å². The number of amides is 3. The summed E-state index contributed by atoms with van der Waals surface area (Å²) in [7, 11) is 0. The average molecular weight is 339 g/mol. The van der Waals surface area contributed by atoms with Gasteiger partial charge in [-0.05, 0) is 42.8 Å². The predicted octanol–water partition coefficient (Wildman–Crippen LogP) is 2.71. The number of carbonyl (C=O) groups is 3. The maximum Gasteiger partial charge on any atom is 0.251 e. The molecule has 0 heterocycles. The van der Waals surface area contributed by atoms with Crippen LogP contribution in [0.3, 0.4) is 0 Å². The van der Waals surface area contributed by atoms with Crippen LogP contribution in [0.15, 0.2) is 48.5 Å². The lowest BCUT2D eigenvalue weighted by Gasteiger charge is -2.11. The summed E-state index contributed by atoms with van der Waals surface area (Å²) in [5, 5.41) is 8.08. The zero-order valence-corrected chi connectivity index (χ0v) is 14.3. The lowest BCUT2D eigenvalue weighted by Crippen LogP contribution is -2.32. The van der Waals surface area contributed by atoms with Crippen molar-refractivity contribution in [2.45, 2.75) is 20.3 Å². The SMILES string of the molecule is CCC(=O)Nc1ccc(NC(=O)CNC(=O)c2ccccc2)c(C)c1. The zero-order chi connectivity index (χ0) is 18.2. The molecule has 0 fully saturated rings. The molecule has 0 bridgehead atoms. The van der Waals surface area contributed by atoms with Crippen molar-refractivity contribution in [1.29, 1.82) is 0 Å². The maximum atomic E-state index is 12.0. The van der Waals surface area contributed by atoms with Gasteiger partial charge in [-0.25, -0.2) is 0 Å². The second-order valence-corrected chi connectivity index (χ2v) is 5.53. The van der Waals surface area contributed by atoms with E-state index in [9.17, 15) is 14.4 Å². The molecule has 3 N–H and O–H groups in total. The quantitative estimate of drug-likeness (QED) is 0.756. The van der Waals surface area contributed by atoms with Gasteiger partial charge in [0, 0.05) is 23.4 Å². The summed E-state index contributed by atoms with van der Waals surface area (Å²) in [6, 6.07) is 13.9. The third-order valence-corrected chi connectivity index (χ3v) is 3.55. The summed E-state index contributed by atoms with van der Waals surface area (Å²) < 4.78 is 0. The topological polar surface area (TPSA) is 87.3 Å². The number of rotatable bonds is 6. The Balaban J connectivity index is 1.90. The van der Waals surface area contributed by atoms with Crippen LogP contribution < -0.4 is 16.0 Å². The number of aryl methyl sites for hydroxylation is 1. The molecule has 25 heavy (non-hydrogen) atoms. The molecule has 0 saturated heterocycles. The summed E-state index contributed by atoms with van der Waals surface area (Å²) in [6.45, 7) is 3.49. The first-order chi connectivity index (χ1) is 12.0. The highest BCUT2D eigenvalue weighted by Gasteiger charge is 2.09. The number of benzene rings is 2. The lowest BCUT2D eigenvalue weighted by molar-refractivity contribution is -0.116. The van der Waals surface area contributed by atoms with Crippen molar-refractivity contribution in [3.05, 3.63) is 59.7 Å². The highest BCUT2D eigenvalue weighted by Crippen LogP contribution is 2.19. The van der Waals surface area contributed by atoms with Crippen LogP contribution in [-0.2, 0) is 9.59 Å². The van der Waals surface area contributed by atoms with Crippen molar-refractivity contribution in [1.82, 2.24) is 5.32 Å². The van der Waals surface area contributed by atoms with Crippen molar-refractivity contribution >= 4 is 29.1 Å². The van der Waals surface area contributed by atoms with Crippen LogP contribution in [0.4, 0.5) is 11.4 Å². The molecule has 2 aromatic carbocycles. The fraction of sp³-hybridized carbons (Fsp3) is 0.211. The summed E-state index contributed by atoms with van der Waals surface area (Å²) in [5.41, 5.74) is 2.63. The molecular weight excluding hydrogens is 318 g/mol. The van der Waals surface area contributed by atoms with Crippen LogP contribution >= 0.6 is 0 Å². The van der Waals surface area contributed by atoms with E-state index in [1.807, 2.05) is 13.0 Å². The molecule has 130 valence electrons. The van der Waals surface area contributed by atoms with Gasteiger partial charge in [0.15, 0.2) is 0 Å². The Morgan fingerprint density at radius 2 is 1.64 bits per heavy atom. The van der Waals surface area contributed by atoms with E-state index < -0.39 is 0 Å². The van der Waals surface area contributed by atoms with Crippen molar-refractivity contribution in [3.63, 3.8) is 0 Å². The molecule has 0 aromatic heterocycles. The molecule has 0 aliphatic heterocycles. The van der Waals surface area contributed by atoms with Gasteiger partial charge < -0.3 is 16.0 Å². The Labute approximate surface area is 146 Å². The molecule has 6 heteroatoms. The van der Waals surface area contributed by atoms with Gasteiger partial charge in [0.1, 0.15) is 0 Å².